The lowest BCUT2D eigenvalue weighted by molar-refractivity contribution is -0.143. The Morgan fingerprint density at radius 1 is 0.833 bits per heavy atom. The molecule has 0 aliphatic carbocycles. The van der Waals surface area contributed by atoms with Crippen LogP contribution in [0.1, 0.15) is 52.5 Å². The van der Waals surface area contributed by atoms with E-state index in [1.54, 1.807) is 44.2 Å². The zero-order valence-electron chi connectivity index (χ0n) is 21.2. The van der Waals surface area contributed by atoms with Crippen molar-refractivity contribution in [2.24, 2.45) is 17.6 Å². The third kappa shape index (κ3) is 10.9. The summed E-state index contributed by atoms with van der Waals surface area (Å²) in [7, 11) is 0. The van der Waals surface area contributed by atoms with Crippen LogP contribution in [0.15, 0.2) is 30.3 Å². The van der Waals surface area contributed by atoms with E-state index in [-0.39, 0.29) is 24.7 Å². The van der Waals surface area contributed by atoms with Crippen LogP contribution in [-0.2, 0) is 30.4 Å². The van der Waals surface area contributed by atoms with Gasteiger partial charge in [-0.3, -0.25) is 19.2 Å². The topological polar surface area (TPSA) is 188 Å². The first kappa shape index (κ1) is 30.6. The highest BCUT2D eigenvalue weighted by molar-refractivity contribution is 5.94. The maximum absolute atomic E-state index is 13.0. The first-order valence-electron chi connectivity index (χ1n) is 12.0. The molecule has 0 heterocycles. The molecule has 0 saturated heterocycles. The Kier molecular flexibility index (Phi) is 12.6. The predicted octanol–water partition coefficient (Wildman–Crippen LogP) is 0.662. The third-order valence-corrected chi connectivity index (χ3v) is 5.49. The highest BCUT2D eigenvalue weighted by Gasteiger charge is 2.32. The molecule has 11 nitrogen and oxygen atoms in total. The summed E-state index contributed by atoms with van der Waals surface area (Å²) in [5.41, 5.74) is 6.59. The maximum Gasteiger partial charge on any atom is 0.326 e. The Morgan fingerprint density at radius 3 is 1.92 bits per heavy atom. The molecule has 0 aromatic heterocycles. The van der Waals surface area contributed by atoms with Gasteiger partial charge in [-0.25, -0.2) is 4.79 Å². The number of amides is 3. The summed E-state index contributed by atoms with van der Waals surface area (Å²) in [5, 5.41) is 26.1. The van der Waals surface area contributed by atoms with E-state index < -0.39 is 60.2 Å². The zero-order valence-corrected chi connectivity index (χ0v) is 21.2. The lowest BCUT2D eigenvalue weighted by atomic mass is 9.99. The van der Waals surface area contributed by atoms with Gasteiger partial charge in [-0.15, -0.1) is 0 Å². The molecular weight excluding hydrogens is 468 g/mol. The van der Waals surface area contributed by atoms with Crippen LogP contribution in [0.3, 0.4) is 0 Å². The van der Waals surface area contributed by atoms with Crippen molar-refractivity contribution in [1.82, 2.24) is 16.0 Å². The minimum atomic E-state index is -1.33. The third-order valence-electron chi connectivity index (χ3n) is 5.49. The molecule has 4 atom stereocenters. The van der Waals surface area contributed by atoms with Crippen molar-refractivity contribution in [1.29, 1.82) is 0 Å². The van der Waals surface area contributed by atoms with E-state index in [0.717, 1.165) is 0 Å². The summed E-state index contributed by atoms with van der Waals surface area (Å²) >= 11 is 0. The van der Waals surface area contributed by atoms with Crippen LogP contribution in [0.4, 0.5) is 0 Å². The van der Waals surface area contributed by atoms with E-state index in [2.05, 4.69) is 16.0 Å². The molecule has 3 amide bonds. The number of carbonyl (C=O) groups is 5. The maximum atomic E-state index is 13.0. The number of rotatable bonds is 15. The number of carboxylic acid groups (broad SMARTS) is 2. The monoisotopic (exact) mass is 506 g/mol. The van der Waals surface area contributed by atoms with Gasteiger partial charge < -0.3 is 31.9 Å². The molecule has 7 N–H and O–H groups in total. The first-order chi connectivity index (χ1) is 16.8. The molecule has 0 saturated carbocycles. The molecule has 1 rings (SSSR count). The van der Waals surface area contributed by atoms with Crippen LogP contribution in [0.25, 0.3) is 0 Å². The van der Waals surface area contributed by atoms with E-state index in [4.69, 9.17) is 10.8 Å². The van der Waals surface area contributed by atoms with Gasteiger partial charge in [0, 0.05) is 12.8 Å². The standard InChI is InChI=1S/C25H38N4O7/c1-14(2)12-17(26)22(32)29-21(15(3)4)24(34)27-18(10-11-20(30)31)23(33)28-19(25(35)36)13-16-8-6-5-7-9-16/h5-9,14-15,17-19,21H,10-13,26H2,1-4H3,(H,27,34)(H,28,33)(H,29,32)(H,30,31)(H,35,36). The highest BCUT2D eigenvalue weighted by atomic mass is 16.4. The lowest BCUT2D eigenvalue weighted by Crippen LogP contribution is -2.58. The minimum absolute atomic E-state index is 0.0000730. The van der Waals surface area contributed by atoms with Gasteiger partial charge in [0.15, 0.2) is 0 Å². The SMILES string of the molecule is CC(C)CC(N)C(=O)NC(C(=O)NC(CCC(=O)O)C(=O)NC(Cc1ccccc1)C(=O)O)C(C)C. The van der Waals surface area contributed by atoms with E-state index in [1.807, 2.05) is 13.8 Å². The molecule has 0 aliphatic rings. The van der Waals surface area contributed by atoms with E-state index in [9.17, 15) is 29.1 Å². The molecular formula is C25H38N4O7. The second-order valence-corrected chi connectivity index (χ2v) is 9.55. The van der Waals surface area contributed by atoms with Crippen LogP contribution in [-0.4, -0.2) is 64.0 Å². The number of hydrogen-bond acceptors (Lipinski definition) is 6. The summed E-state index contributed by atoms with van der Waals surface area (Å²) in [6.45, 7) is 7.22. The number of hydrogen-bond donors (Lipinski definition) is 6. The number of aliphatic carboxylic acids is 2. The van der Waals surface area contributed by atoms with Crippen molar-refractivity contribution in [2.45, 2.75) is 77.5 Å². The van der Waals surface area contributed by atoms with Gasteiger partial charge in [-0.1, -0.05) is 58.0 Å². The average Bonchev–Trinajstić information content (AvgIpc) is 2.78. The molecule has 1 aromatic carbocycles. The minimum Gasteiger partial charge on any atom is -0.481 e. The van der Waals surface area contributed by atoms with Crippen molar-refractivity contribution < 1.29 is 34.2 Å². The summed E-state index contributed by atoms with van der Waals surface area (Å²) in [6.07, 6.45) is -0.289. The number of carbonyl (C=O) groups excluding carboxylic acids is 3. The van der Waals surface area contributed by atoms with Gasteiger partial charge >= 0.3 is 11.9 Å². The molecule has 0 bridgehead atoms. The highest BCUT2D eigenvalue weighted by Crippen LogP contribution is 2.09. The van der Waals surface area contributed by atoms with Gasteiger partial charge in [0.2, 0.25) is 17.7 Å². The fourth-order valence-corrected chi connectivity index (χ4v) is 3.53. The van der Waals surface area contributed by atoms with Crippen LogP contribution in [0.2, 0.25) is 0 Å². The molecule has 36 heavy (non-hydrogen) atoms. The number of carboxylic acids is 2. The Labute approximate surface area is 211 Å². The predicted molar refractivity (Wildman–Crippen MR) is 133 cm³/mol. The molecule has 200 valence electrons. The van der Waals surface area contributed by atoms with Crippen molar-refractivity contribution in [3.8, 4) is 0 Å². The molecule has 1 aromatic rings. The van der Waals surface area contributed by atoms with Gasteiger partial charge in [-0.2, -0.15) is 0 Å². The van der Waals surface area contributed by atoms with Gasteiger partial charge in [-0.05, 0) is 30.2 Å². The van der Waals surface area contributed by atoms with Crippen molar-refractivity contribution in [3.05, 3.63) is 35.9 Å². The normalized spacial score (nSPS) is 14.4. The van der Waals surface area contributed by atoms with Crippen LogP contribution >= 0.6 is 0 Å². The molecule has 0 aliphatic heterocycles. The first-order valence-corrected chi connectivity index (χ1v) is 12.0. The van der Waals surface area contributed by atoms with Gasteiger partial charge in [0.05, 0.1) is 6.04 Å². The smallest absolute Gasteiger partial charge is 0.326 e. The lowest BCUT2D eigenvalue weighted by Gasteiger charge is -2.27. The van der Waals surface area contributed by atoms with Gasteiger partial charge in [0.25, 0.3) is 0 Å². The number of benzene rings is 1. The summed E-state index contributed by atoms with van der Waals surface area (Å²) in [6, 6.07) is 4.20. The van der Waals surface area contributed by atoms with Crippen LogP contribution in [0.5, 0.6) is 0 Å². The quantitative estimate of drug-likeness (QED) is 0.200. The Hall–Kier alpha value is -3.47. The van der Waals surface area contributed by atoms with Crippen LogP contribution < -0.4 is 21.7 Å². The largest absolute Gasteiger partial charge is 0.481 e. The Bertz CT molecular complexity index is 905. The Balaban J connectivity index is 3.00. The van der Waals surface area contributed by atoms with E-state index in [0.29, 0.717) is 12.0 Å². The summed E-state index contributed by atoms with van der Waals surface area (Å²) in [4.78, 5) is 61.3. The second-order valence-electron chi connectivity index (χ2n) is 9.55. The number of nitrogens with one attached hydrogen (secondary N) is 3. The second kappa shape index (κ2) is 14.8. The van der Waals surface area contributed by atoms with Gasteiger partial charge in [0.1, 0.15) is 18.1 Å². The molecule has 0 fully saturated rings. The summed E-state index contributed by atoms with van der Waals surface area (Å²) < 4.78 is 0. The molecule has 11 heteroatoms. The molecule has 4 unspecified atom stereocenters. The van der Waals surface area contributed by atoms with E-state index in [1.165, 1.54) is 0 Å². The fraction of sp³-hybridized carbons (Fsp3) is 0.560. The average molecular weight is 507 g/mol. The van der Waals surface area contributed by atoms with Crippen LogP contribution in [0, 0.1) is 11.8 Å². The van der Waals surface area contributed by atoms with Crippen molar-refractivity contribution in [2.75, 3.05) is 0 Å². The van der Waals surface area contributed by atoms with E-state index >= 15 is 0 Å². The zero-order chi connectivity index (χ0) is 27.4. The van der Waals surface area contributed by atoms with Crippen molar-refractivity contribution >= 4 is 29.7 Å². The van der Waals surface area contributed by atoms with Crippen molar-refractivity contribution in [3.63, 3.8) is 0 Å². The fourth-order valence-electron chi connectivity index (χ4n) is 3.53. The molecule has 0 spiro atoms. The molecule has 0 radical (unpaired) electrons. The number of nitrogens with two attached hydrogens (primary N) is 1. The Morgan fingerprint density at radius 2 is 1.42 bits per heavy atom. The summed E-state index contributed by atoms with van der Waals surface area (Å²) in [5.74, 6) is -4.71.